The monoisotopic (exact) mass is 1370 g/mol. The minimum absolute atomic E-state index is 0.0270. The number of carbonyl (C=O) groups excluding carboxylic acids is 12. The molecule has 0 radical (unpaired) electrons. The van der Waals surface area contributed by atoms with E-state index >= 15 is 9.59 Å². The van der Waals surface area contributed by atoms with Crippen LogP contribution in [0.2, 0.25) is 25.7 Å². The van der Waals surface area contributed by atoms with E-state index in [1.54, 1.807) is 59.7 Å². The summed E-state index contributed by atoms with van der Waals surface area (Å²) in [6, 6.07) is -7.47. The molecule has 33 heteroatoms. The van der Waals surface area contributed by atoms with E-state index in [0.29, 0.717) is 5.56 Å². The van der Waals surface area contributed by atoms with Crippen LogP contribution in [-0.4, -0.2) is 203 Å². The van der Waals surface area contributed by atoms with Crippen LogP contribution in [-0.2, 0) is 63.9 Å². The zero-order valence-corrected chi connectivity index (χ0v) is 58.1. The molecule has 534 valence electrons. The smallest absolute Gasteiger partial charge is 0.408 e. The maximum absolute atomic E-state index is 15.6. The molecule has 1 saturated heterocycles. The number of pyridine rings is 1. The van der Waals surface area contributed by atoms with Crippen LogP contribution < -0.4 is 75.3 Å². The van der Waals surface area contributed by atoms with Gasteiger partial charge in [-0.15, -0.1) is 0 Å². The number of amides is 12. The van der Waals surface area contributed by atoms with E-state index in [0.717, 1.165) is 0 Å². The lowest BCUT2D eigenvalue weighted by atomic mass is 9.94. The summed E-state index contributed by atoms with van der Waals surface area (Å²) in [5.41, 5.74) is 10.6. The van der Waals surface area contributed by atoms with Gasteiger partial charge < -0.3 is 95.3 Å². The fraction of sp³-hybridized carbons (Fsp3) is 0.619. The average molecular weight is 1370 g/mol. The van der Waals surface area contributed by atoms with Gasteiger partial charge in [-0.3, -0.25) is 62.7 Å². The first-order chi connectivity index (χ1) is 44.9. The van der Waals surface area contributed by atoms with Crippen LogP contribution in [0.1, 0.15) is 119 Å². The van der Waals surface area contributed by atoms with Gasteiger partial charge in [0, 0.05) is 33.4 Å². The first kappa shape index (κ1) is 81.4. The molecule has 2 aromatic rings. The highest BCUT2D eigenvalue weighted by Crippen LogP contribution is 2.22. The summed E-state index contributed by atoms with van der Waals surface area (Å²) < 4.78 is 5.50. The zero-order valence-electron chi connectivity index (χ0n) is 57.1. The van der Waals surface area contributed by atoms with E-state index in [4.69, 9.17) is 16.2 Å². The van der Waals surface area contributed by atoms with Crippen molar-refractivity contribution in [2.75, 3.05) is 19.7 Å². The lowest BCUT2D eigenvalue weighted by Gasteiger charge is -2.34. The van der Waals surface area contributed by atoms with Gasteiger partial charge in [-0.25, -0.2) is 4.79 Å². The molecule has 12 amide bonds. The third-order valence-electron chi connectivity index (χ3n) is 15.2. The quantitative estimate of drug-likeness (QED) is 0.0251. The number of aliphatic hydroxyl groups is 3. The van der Waals surface area contributed by atoms with Gasteiger partial charge in [-0.2, -0.15) is 0 Å². The Morgan fingerprint density at radius 3 is 1.84 bits per heavy atom. The zero-order chi connectivity index (χ0) is 72.4. The summed E-state index contributed by atoms with van der Waals surface area (Å²) in [5, 5.41) is 63.9. The Kier molecular flexibility index (Phi) is 32.8. The number of alkyl carbamates (subject to hydrolysis) is 1. The lowest BCUT2D eigenvalue weighted by molar-refractivity contribution is -0.139. The summed E-state index contributed by atoms with van der Waals surface area (Å²) in [6.45, 7) is 19.2. The Morgan fingerprint density at radius 1 is 0.698 bits per heavy atom. The molecular formula is C63H102N16O16Si. The molecule has 19 N–H and O–H groups in total. The van der Waals surface area contributed by atoms with Crippen LogP contribution >= 0.6 is 0 Å². The second kappa shape index (κ2) is 38.7. The summed E-state index contributed by atoms with van der Waals surface area (Å²) in [7, 11) is -2.25. The normalized spacial score (nSPS) is 23.6. The third kappa shape index (κ3) is 27.5. The molecule has 0 saturated carbocycles. The van der Waals surface area contributed by atoms with Gasteiger partial charge in [0.2, 0.25) is 65.0 Å². The van der Waals surface area contributed by atoms with E-state index in [9.17, 15) is 63.3 Å². The topological polar surface area (TPSA) is 496 Å². The van der Waals surface area contributed by atoms with Gasteiger partial charge in [-0.05, 0) is 89.0 Å². The molecule has 14 atom stereocenters. The summed E-state index contributed by atoms with van der Waals surface area (Å²) in [6.07, 6.45) is -1.45. The van der Waals surface area contributed by atoms with Crippen molar-refractivity contribution in [3.63, 3.8) is 0 Å². The minimum atomic E-state index is -2.25. The predicted octanol–water partition coefficient (Wildman–Crippen LogP) is -2.48. The molecule has 1 aromatic carbocycles. The maximum atomic E-state index is 15.6. The van der Waals surface area contributed by atoms with E-state index in [-0.39, 0.29) is 62.6 Å². The van der Waals surface area contributed by atoms with E-state index < -0.39 is 188 Å². The number of nitrogens with zero attached hydrogens (tertiary/aromatic N) is 2. The molecule has 3 rings (SSSR count). The molecule has 0 spiro atoms. The molecule has 1 aromatic heterocycles. The summed E-state index contributed by atoms with van der Waals surface area (Å²) in [5.74, 6) is -13.3. The Balaban J connectivity index is 2.40. The first-order valence-electron chi connectivity index (χ1n) is 32.2. The van der Waals surface area contributed by atoms with Crippen molar-refractivity contribution in [2.45, 2.75) is 218 Å². The van der Waals surface area contributed by atoms with Gasteiger partial charge in [0.05, 0.1) is 31.4 Å². The Hall–Kier alpha value is -8.82. The van der Waals surface area contributed by atoms with Gasteiger partial charge in [-0.1, -0.05) is 103 Å². The molecular weight excluding hydrogens is 1260 g/mol. The van der Waals surface area contributed by atoms with Gasteiger partial charge >= 0.3 is 6.09 Å². The molecule has 1 fully saturated rings. The molecule has 96 heavy (non-hydrogen) atoms. The first-order valence-corrected chi connectivity index (χ1v) is 35.9. The van der Waals surface area contributed by atoms with Crippen molar-refractivity contribution in [1.29, 1.82) is 0 Å². The number of rotatable bonds is 22. The summed E-state index contributed by atoms with van der Waals surface area (Å²) >= 11 is 0. The van der Waals surface area contributed by atoms with Crippen molar-refractivity contribution in [3.8, 4) is 0 Å². The fourth-order valence-electron chi connectivity index (χ4n) is 9.86. The van der Waals surface area contributed by atoms with Crippen LogP contribution in [0.15, 0.2) is 59.9 Å². The Bertz CT molecular complexity index is 3000. The molecule has 1 unspecified atom stereocenters. The second-order valence-corrected chi connectivity index (χ2v) is 31.9. The highest BCUT2D eigenvalue weighted by atomic mass is 28.3. The van der Waals surface area contributed by atoms with Gasteiger partial charge in [0.1, 0.15) is 66.0 Å². The number of ether oxygens (including phenoxy) is 1. The Labute approximate surface area is 561 Å². The number of carbonyl (C=O) groups is 12. The van der Waals surface area contributed by atoms with E-state index in [1.165, 1.54) is 64.4 Å². The van der Waals surface area contributed by atoms with Crippen molar-refractivity contribution in [1.82, 2.24) is 68.8 Å². The van der Waals surface area contributed by atoms with Crippen molar-refractivity contribution in [3.05, 3.63) is 66.0 Å². The number of aliphatic imine (C=N–C) groups is 1. The van der Waals surface area contributed by atoms with E-state index in [1.807, 2.05) is 19.6 Å². The SMILES string of the molecule is CCC[C@@H]1NC(=O)[C@H]([C@H](O)C(C)C)NC(=O)[C@@H](NC(=O)[C@H](Cc2cccnc2)NC(=O)[C@@H](C[Si](C)(C)C)NC(=O)OC(C)(C)C)[C@@H](c2ccccc2)NC(=O)C(CO)NC(=O)[C@H](C)NC(=O)CNC(=O)[C@H]([C@H](C)O)NC(=O)[C@H]([C@@H](C)CC)NC(=O)[C@@H](CCCN=C(N)N)NC1=O. The lowest BCUT2D eigenvalue weighted by Crippen LogP contribution is -2.65. The molecule has 1 aliphatic heterocycles. The minimum Gasteiger partial charge on any atom is -0.444 e. The van der Waals surface area contributed by atoms with Crippen molar-refractivity contribution in [2.24, 2.45) is 28.3 Å². The van der Waals surface area contributed by atoms with Crippen LogP contribution in [0.5, 0.6) is 0 Å². The second-order valence-electron chi connectivity index (χ2n) is 26.4. The highest BCUT2D eigenvalue weighted by Gasteiger charge is 2.42. The number of nitrogens with one attached hydrogen (secondary N) is 12. The Morgan fingerprint density at radius 2 is 1.28 bits per heavy atom. The van der Waals surface area contributed by atoms with Crippen LogP contribution in [0.25, 0.3) is 0 Å². The van der Waals surface area contributed by atoms with Gasteiger partial charge in [0.25, 0.3) is 0 Å². The van der Waals surface area contributed by atoms with E-state index in [2.05, 4.69) is 73.8 Å². The number of nitrogens with two attached hydrogens (primary N) is 2. The summed E-state index contributed by atoms with van der Waals surface area (Å²) in [4.78, 5) is 181. The number of aliphatic hydroxyl groups excluding tert-OH is 3. The molecule has 32 nitrogen and oxygen atoms in total. The average Bonchev–Trinajstić information content (AvgIpc) is 0.816. The van der Waals surface area contributed by atoms with Crippen molar-refractivity contribution < 1.29 is 77.6 Å². The van der Waals surface area contributed by atoms with Crippen LogP contribution in [0, 0.1) is 11.8 Å². The van der Waals surface area contributed by atoms with Crippen molar-refractivity contribution >= 4 is 85.1 Å². The predicted molar refractivity (Wildman–Crippen MR) is 357 cm³/mol. The highest BCUT2D eigenvalue weighted by molar-refractivity contribution is 6.76. The molecule has 2 heterocycles. The maximum Gasteiger partial charge on any atom is 0.408 e. The number of hydrogen-bond acceptors (Lipinski definition) is 18. The molecule has 0 aliphatic carbocycles. The number of guanidine groups is 1. The largest absolute Gasteiger partial charge is 0.444 e. The van der Waals surface area contributed by atoms with Crippen LogP contribution in [0.4, 0.5) is 4.79 Å². The third-order valence-corrected chi connectivity index (χ3v) is 16.9. The standard InChI is InChI=1S/C63H102N16O16Si/c1-14-21-39-52(85)70-40(25-20-27-67-61(64)65)53(86)75-45(34(5)15-2)58(91)76-46(36(7)81)57(90)68-30-44(82)69-35(6)51(84)73-42(31-80)55(88)77-47(38-23-17-16-18-24-38)48(59(92)79-49(60(93)71-39)50(83)33(3)4)78-54(87)41(28-37-22-19-26-66-29-37)72-56(89)43(32-96(11,12)13)74-62(94)95-63(8,9)10/h16-19,22-24,26,29,33-36,39-43,45-50,80-81,83H,14-15,20-21,25,27-28,30-32H2,1-13H3,(H,68,90)(H,69,82)(H,70,85)(H,71,93)(H,72,89)(H,73,84)(H,74,94)(H,75,86)(H,76,91)(H,77,88)(H,78,87)(H,79,92)(H4,64,65,67)/t34-,35-,36-,39-,40+,41-,42?,43+,45-,46-,47+,48-,49-,50+/m0/s1. The van der Waals surface area contributed by atoms with Gasteiger partial charge in [0.15, 0.2) is 5.96 Å². The fourth-order valence-corrected chi connectivity index (χ4v) is 11.4. The molecule has 1 aliphatic rings. The number of hydrogen-bond donors (Lipinski definition) is 17. The number of benzene rings is 1. The van der Waals surface area contributed by atoms with Crippen LogP contribution in [0.3, 0.4) is 0 Å². The molecule has 0 bridgehead atoms. The number of aromatic nitrogens is 1.